The lowest BCUT2D eigenvalue weighted by atomic mass is 10.0. The molecule has 2 nitrogen and oxygen atoms in total. The monoisotopic (exact) mass is 317 g/mol. The summed E-state index contributed by atoms with van der Waals surface area (Å²) < 4.78 is 37.3. The zero-order valence-corrected chi connectivity index (χ0v) is 12.4. The number of carbonyl (C=O) groups excluding carboxylic acids is 1. The predicted molar refractivity (Wildman–Crippen MR) is 79.4 cm³/mol. The van der Waals surface area contributed by atoms with Gasteiger partial charge in [-0.15, -0.1) is 11.8 Å². The van der Waals surface area contributed by atoms with Crippen molar-refractivity contribution in [1.82, 2.24) is 0 Å². The molecule has 1 saturated carbocycles. The second-order valence-corrected chi connectivity index (χ2v) is 6.48. The van der Waals surface area contributed by atoms with Crippen molar-refractivity contribution in [3.63, 3.8) is 0 Å². The molecule has 2 rings (SSSR count). The molecule has 0 heterocycles. The fourth-order valence-electron chi connectivity index (χ4n) is 2.36. The van der Waals surface area contributed by atoms with Crippen molar-refractivity contribution >= 4 is 23.4 Å². The molecule has 0 bridgehead atoms. The van der Waals surface area contributed by atoms with Gasteiger partial charge >= 0.3 is 6.18 Å². The number of rotatable bonds is 4. The second kappa shape index (κ2) is 7.20. The number of halogens is 3. The summed E-state index contributed by atoms with van der Waals surface area (Å²) in [6.07, 6.45) is 1.67. The summed E-state index contributed by atoms with van der Waals surface area (Å²) in [5.41, 5.74) is -0.311. The highest BCUT2D eigenvalue weighted by Crippen LogP contribution is 2.30. The van der Waals surface area contributed by atoms with Gasteiger partial charge in [-0.25, -0.2) is 0 Å². The normalized spacial score (nSPS) is 16.7. The zero-order chi connectivity index (χ0) is 15.3. The van der Waals surface area contributed by atoms with Gasteiger partial charge in [0, 0.05) is 10.9 Å². The van der Waals surface area contributed by atoms with Crippen LogP contribution in [-0.4, -0.2) is 16.9 Å². The van der Waals surface area contributed by atoms with E-state index in [9.17, 15) is 18.0 Å². The Labute approximate surface area is 126 Å². The molecule has 1 aromatic rings. The van der Waals surface area contributed by atoms with Crippen LogP contribution >= 0.6 is 11.8 Å². The number of hydrogen-bond acceptors (Lipinski definition) is 2. The Morgan fingerprint density at radius 2 is 1.76 bits per heavy atom. The SMILES string of the molecule is O=C(CSC1CCCCC1)Nc1ccc(C(F)(F)F)cc1. The van der Waals surface area contributed by atoms with Crippen molar-refractivity contribution in [2.75, 3.05) is 11.1 Å². The van der Waals surface area contributed by atoms with E-state index in [1.165, 1.54) is 31.4 Å². The van der Waals surface area contributed by atoms with Gasteiger partial charge in [0.25, 0.3) is 0 Å². The Kier molecular flexibility index (Phi) is 5.56. The van der Waals surface area contributed by atoms with E-state index in [1.54, 1.807) is 11.8 Å². The topological polar surface area (TPSA) is 29.1 Å². The zero-order valence-electron chi connectivity index (χ0n) is 11.6. The average Bonchev–Trinajstić information content (AvgIpc) is 2.46. The maximum Gasteiger partial charge on any atom is 0.416 e. The van der Waals surface area contributed by atoms with Crippen LogP contribution in [0.3, 0.4) is 0 Å². The average molecular weight is 317 g/mol. The van der Waals surface area contributed by atoms with Crippen LogP contribution in [0.4, 0.5) is 18.9 Å². The molecular weight excluding hydrogens is 299 g/mol. The molecule has 1 aliphatic rings. The van der Waals surface area contributed by atoms with E-state index in [4.69, 9.17) is 0 Å². The summed E-state index contributed by atoms with van der Waals surface area (Å²) in [6.45, 7) is 0. The molecule has 1 aliphatic carbocycles. The third-order valence-electron chi connectivity index (χ3n) is 3.50. The largest absolute Gasteiger partial charge is 0.416 e. The first kappa shape index (κ1) is 16.2. The van der Waals surface area contributed by atoms with E-state index < -0.39 is 11.7 Å². The second-order valence-electron chi connectivity index (χ2n) is 5.19. The molecule has 116 valence electrons. The van der Waals surface area contributed by atoms with Gasteiger partial charge in [0.15, 0.2) is 0 Å². The van der Waals surface area contributed by atoms with E-state index in [1.807, 2.05) is 0 Å². The van der Waals surface area contributed by atoms with Crippen LogP contribution < -0.4 is 5.32 Å². The van der Waals surface area contributed by atoms with Gasteiger partial charge in [0.2, 0.25) is 5.91 Å². The van der Waals surface area contributed by atoms with Crippen LogP contribution in [0.5, 0.6) is 0 Å². The highest BCUT2D eigenvalue weighted by molar-refractivity contribution is 8.00. The van der Waals surface area contributed by atoms with Crippen molar-refractivity contribution < 1.29 is 18.0 Å². The summed E-state index contributed by atoms with van der Waals surface area (Å²) in [7, 11) is 0. The lowest BCUT2D eigenvalue weighted by Gasteiger charge is -2.20. The molecular formula is C15H18F3NOS. The summed E-state index contributed by atoms with van der Waals surface area (Å²) in [5.74, 6) is 0.191. The minimum absolute atomic E-state index is 0.162. The Morgan fingerprint density at radius 3 is 2.33 bits per heavy atom. The molecule has 1 N–H and O–H groups in total. The molecule has 0 aromatic heterocycles. The van der Waals surface area contributed by atoms with Crippen LogP contribution in [0.25, 0.3) is 0 Å². The van der Waals surface area contributed by atoms with Crippen LogP contribution in [0, 0.1) is 0 Å². The lowest BCUT2D eigenvalue weighted by molar-refractivity contribution is -0.137. The minimum Gasteiger partial charge on any atom is -0.325 e. The number of anilines is 1. The van der Waals surface area contributed by atoms with Crippen molar-refractivity contribution in [3.8, 4) is 0 Å². The maximum absolute atomic E-state index is 12.4. The summed E-state index contributed by atoms with van der Waals surface area (Å²) >= 11 is 1.64. The van der Waals surface area contributed by atoms with Crippen LogP contribution in [0.15, 0.2) is 24.3 Å². The molecule has 0 aliphatic heterocycles. The van der Waals surface area contributed by atoms with Gasteiger partial charge in [-0.3, -0.25) is 4.79 Å². The summed E-state index contributed by atoms with van der Waals surface area (Å²) in [5, 5.41) is 3.17. The Hall–Kier alpha value is -1.17. The van der Waals surface area contributed by atoms with Crippen LogP contribution in [-0.2, 0) is 11.0 Å². The van der Waals surface area contributed by atoms with E-state index >= 15 is 0 Å². The summed E-state index contributed by atoms with van der Waals surface area (Å²) in [6, 6.07) is 4.52. The summed E-state index contributed by atoms with van der Waals surface area (Å²) in [4.78, 5) is 11.8. The highest BCUT2D eigenvalue weighted by Gasteiger charge is 2.30. The molecule has 6 heteroatoms. The number of alkyl halides is 3. The fourth-order valence-corrected chi connectivity index (χ4v) is 3.49. The Balaban J connectivity index is 1.79. The molecule has 1 amide bonds. The van der Waals surface area contributed by atoms with E-state index in [0.29, 0.717) is 16.7 Å². The van der Waals surface area contributed by atoms with E-state index in [0.717, 1.165) is 25.0 Å². The number of hydrogen-bond donors (Lipinski definition) is 1. The first-order chi connectivity index (χ1) is 9.95. The standard InChI is InChI=1S/C15H18F3NOS/c16-15(17,18)11-6-8-12(9-7-11)19-14(20)10-21-13-4-2-1-3-5-13/h6-9,13H,1-5,10H2,(H,19,20). The third-order valence-corrected chi connectivity index (χ3v) is 4.87. The minimum atomic E-state index is -4.35. The van der Waals surface area contributed by atoms with Crippen molar-refractivity contribution in [2.24, 2.45) is 0 Å². The van der Waals surface area contributed by atoms with Gasteiger partial charge in [-0.1, -0.05) is 19.3 Å². The van der Waals surface area contributed by atoms with Crippen molar-refractivity contribution in [1.29, 1.82) is 0 Å². The molecule has 0 unspecified atom stereocenters. The number of nitrogens with one attached hydrogen (secondary N) is 1. The maximum atomic E-state index is 12.4. The Bertz CT molecular complexity index is 467. The van der Waals surface area contributed by atoms with E-state index in [-0.39, 0.29) is 5.91 Å². The highest BCUT2D eigenvalue weighted by atomic mass is 32.2. The van der Waals surface area contributed by atoms with E-state index in [2.05, 4.69) is 5.32 Å². The van der Waals surface area contributed by atoms with Gasteiger partial charge in [0.1, 0.15) is 0 Å². The molecule has 1 aromatic carbocycles. The number of carbonyl (C=O) groups is 1. The van der Waals surface area contributed by atoms with Crippen LogP contribution in [0.2, 0.25) is 0 Å². The fraction of sp³-hybridized carbons (Fsp3) is 0.533. The first-order valence-electron chi connectivity index (χ1n) is 7.04. The van der Waals surface area contributed by atoms with Gasteiger partial charge < -0.3 is 5.32 Å². The molecule has 21 heavy (non-hydrogen) atoms. The molecule has 1 fully saturated rings. The number of benzene rings is 1. The van der Waals surface area contributed by atoms with Crippen molar-refractivity contribution in [2.45, 2.75) is 43.5 Å². The van der Waals surface area contributed by atoms with Gasteiger partial charge in [-0.2, -0.15) is 13.2 Å². The molecule has 0 atom stereocenters. The predicted octanol–water partition coefficient (Wildman–Crippen LogP) is 4.71. The van der Waals surface area contributed by atoms with Gasteiger partial charge in [0.05, 0.1) is 11.3 Å². The molecule has 0 radical (unpaired) electrons. The Morgan fingerprint density at radius 1 is 1.14 bits per heavy atom. The first-order valence-corrected chi connectivity index (χ1v) is 8.09. The third kappa shape index (κ3) is 5.26. The molecule has 0 saturated heterocycles. The number of thioether (sulfide) groups is 1. The van der Waals surface area contributed by atoms with Gasteiger partial charge in [-0.05, 0) is 37.1 Å². The number of amides is 1. The molecule has 0 spiro atoms. The van der Waals surface area contributed by atoms with Crippen molar-refractivity contribution in [3.05, 3.63) is 29.8 Å². The smallest absolute Gasteiger partial charge is 0.325 e. The van der Waals surface area contributed by atoms with Crippen LogP contribution in [0.1, 0.15) is 37.7 Å². The quantitative estimate of drug-likeness (QED) is 0.871. The lowest BCUT2D eigenvalue weighted by Crippen LogP contribution is -2.18.